The predicted molar refractivity (Wildman–Crippen MR) is 45.5 cm³/mol. The summed E-state index contributed by atoms with van der Waals surface area (Å²) in [5.74, 6) is 0.603. The van der Waals surface area contributed by atoms with E-state index in [1.165, 1.54) is 6.42 Å². The van der Waals surface area contributed by atoms with Crippen LogP contribution in [0.3, 0.4) is 0 Å². The van der Waals surface area contributed by atoms with Crippen LogP contribution in [0.25, 0.3) is 0 Å². The first-order valence-electron chi connectivity index (χ1n) is 4.02. The second-order valence-corrected chi connectivity index (χ2v) is 5.57. The lowest BCUT2D eigenvalue weighted by molar-refractivity contribution is 0.570. The van der Waals surface area contributed by atoms with Crippen molar-refractivity contribution in [2.45, 2.75) is 44.1 Å². The Bertz CT molecular complexity index is 142. The van der Waals surface area contributed by atoms with Crippen molar-refractivity contribution in [3.63, 3.8) is 0 Å². The van der Waals surface area contributed by atoms with Crippen molar-refractivity contribution < 1.29 is 4.21 Å². The van der Waals surface area contributed by atoms with Crippen molar-refractivity contribution in [1.29, 1.82) is 0 Å². The van der Waals surface area contributed by atoms with Gasteiger partial charge < -0.3 is 0 Å². The summed E-state index contributed by atoms with van der Waals surface area (Å²) in [6.07, 6.45) is 2.33. The molecule has 0 spiro atoms. The monoisotopic (exact) mass is 160 g/mol. The Hall–Kier alpha value is 0.150. The van der Waals surface area contributed by atoms with Gasteiger partial charge in [0.2, 0.25) is 0 Å². The van der Waals surface area contributed by atoms with Gasteiger partial charge in [0.1, 0.15) is 0 Å². The van der Waals surface area contributed by atoms with Gasteiger partial charge in [-0.1, -0.05) is 20.8 Å². The molecule has 3 atom stereocenters. The van der Waals surface area contributed by atoms with Gasteiger partial charge in [-0.05, 0) is 18.8 Å². The average molecular weight is 160 g/mol. The first kappa shape index (κ1) is 8.25. The van der Waals surface area contributed by atoms with Crippen LogP contribution in [0.1, 0.15) is 33.6 Å². The van der Waals surface area contributed by atoms with E-state index in [9.17, 15) is 4.21 Å². The first-order chi connectivity index (χ1) is 4.63. The molecule has 0 saturated carbocycles. The van der Waals surface area contributed by atoms with E-state index in [0.29, 0.717) is 16.4 Å². The lowest BCUT2D eigenvalue weighted by Crippen LogP contribution is -2.18. The van der Waals surface area contributed by atoms with Crippen molar-refractivity contribution in [3.05, 3.63) is 0 Å². The lowest BCUT2D eigenvalue weighted by Gasteiger charge is -2.12. The van der Waals surface area contributed by atoms with Crippen LogP contribution in [0.15, 0.2) is 0 Å². The Kier molecular flexibility index (Phi) is 2.50. The van der Waals surface area contributed by atoms with Gasteiger partial charge in [0.15, 0.2) is 0 Å². The lowest BCUT2D eigenvalue weighted by atomic mass is 10.1. The molecule has 1 aliphatic rings. The highest BCUT2D eigenvalue weighted by Crippen LogP contribution is 2.27. The van der Waals surface area contributed by atoms with Gasteiger partial charge in [0, 0.05) is 21.3 Å². The van der Waals surface area contributed by atoms with Crippen LogP contribution in [-0.4, -0.2) is 14.7 Å². The molecule has 0 aromatic rings. The van der Waals surface area contributed by atoms with Crippen molar-refractivity contribution in [2.24, 2.45) is 5.92 Å². The molecule has 1 saturated heterocycles. The largest absolute Gasteiger partial charge is 0.259 e. The molecular weight excluding hydrogens is 144 g/mol. The SMILES string of the molecule is CC(C)C1CCC(C)S1=O. The fourth-order valence-electron chi connectivity index (χ4n) is 1.53. The third kappa shape index (κ3) is 1.42. The molecule has 1 rings (SSSR count). The third-order valence-electron chi connectivity index (χ3n) is 2.30. The molecule has 0 amide bonds. The smallest absolute Gasteiger partial charge is 0.0374 e. The Morgan fingerprint density at radius 1 is 1.40 bits per heavy atom. The maximum absolute atomic E-state index is 11.5. The average Bonchev–Trinajstić information content (AvgIpc) is 2.14. The van der Waals surface area contributed by atoms with Gasteiger partial charge in [-0.2, -0.15) is 0 Å². The summed E-state index contributed by atoms with van der Waals surface area (Å²) in [5.41, 5.74) is 0. The summed E-state index contributed by atoms with van der Waals surface area (Å²) >= 11 is 0. The molecule has 3 unspecified atom stereocenters. The number of hydrogen-bond donors (Lipinski definition) is 0. The maximum Gasteiger partial charge on any atom is 0.0374 e. The zero-order valence-electron chi connectivity index (χ0n) is 6.96. The van der Waals surface area contributed by atoms with E-state index < -0.39 is 10.8 Å². The molecule has 1 nitrogen and oxygen atoms in total. The second kappa shape index (κ2) is 3.04. The van der Waals surface area contributed by atoms with E-state index in [2.05, 4.69) is 20.8 Å². The van der Waals surface area contributed by atoms with E-state index >= 15 is 0 Å². The van der Waals surface area contributed by atoms with Crippen molar-refractivity contribution in [2.75, 3.05) is 0 Å². The summed E-state index contributed by atoms with van der Waals surface area (Å²) in [4.78, 5) is 0. The highest BCUT2D eigenvalue weighted by molar-refractivity contribution is 7.86. The van der Waals surface area contributed by atoms with E-state index in [-0.39, 0.29) is 0 Å². The highest BCUT2D eigenvalue weighted by atomic mass is 32.2. The molecule has 1 fully saturated rings. The van der Waals surface area contributed by atoms with Gasteiger partial charge in [-0.15, -0.1) is 0 Å². The second-order valence-electron chi connectivity index (χ2n) is 3.50. The fourth-order valence-corrected chi connectivity index (χ4v) is 3.40. The quantitative estimate of drug-likeness (QED) is 0.573. The Morgan fingerprint density at radius 2 is 2.00 bits per heavy atom. The molecule has 0 N–H and O–H groups in total. The summed E-state index contributed by atoms with van der Waals surface area (Å²) in [6.45, 7) is 6.43. The summed E-state index contributed by atoms with van der Waals surface area (Å²) in [7, 11) is -0.535. The highest BCUT2D eigenvalue weighted by Gasteiger charge is 2.31. The molecule has 2 heteroatoms. The first-order valence-corrected chi connectivity index (χ1v) is 5.30. The van der Waals surface area contributed by atoms with E-state index in [1.807, 2.05) is 0 Å². The van der Waals surface area contributed by atoms with Crippen LogP contribution in [-0.2, 0) is 10.8 Å². The van der Waals surface area contributed by atoms with Gasteiger partial charge in [0.25, 0.3) is 0 Å². The predicted octanol–water partition coefficient (Wildman–Crippen LogP) is 1.94. The summed E-state index contributed by atoms with van der Waals surface area (Å²) in [6, 6.07) is 0. The standard InChI is InChI=1S/C8H16OS/c1-6(2)8-5-4-7(3)10(8)9/h6-8H,4-5H2,1-3H3. The van der Waals surface area contributed by atoms with Crippen LogP contribution in [0.2, 0.25) is 0 Å². The minimum atomic E-state index is -0.535. The van der Waals surface area contributed by atoms with Crippen molar-refractivity contribution in [1.82, 2.24) is 0 Å². The molecule has 0 radical (unpaired) electrons. The maximum atomic E-state index is 11.5. The summed E-state index contributed by atoms with van der Waals surface area (Å²) in [5, 5.41) is 0.933. The van der Waals surface area contributed by atoms with Crippen LogP contribution in [0.4, 0.5) is 0 Å². The molecule has 0 bridgehead atoms. The fraction of sp³-hybridized carbons (Fsp3) is 1.00. The molecule has 1 aliphatic heterocycles. The van der Waals surface area contributed by atoms with Gasteiger partial charge in [-0.25, -0.2) is 0 Å². The minimum Gasteiger partial charge on any atom is -0.259 e. The van der Waals surface area contributed by atoms with Crippen LogP contribution < -0.4 is 0 Å². The Morgan fingerprint density at radius 3 is 2.20 bits per heavy atom. The molecule has 60 valence electrons. The number of rotatable bonds is 1. The van der Waals surface area contributed by atoms with Crippen LogP contribution in [0, 0.1) is 5.92 Å². The van der Waals surface area contributed by atoms with Crippen LogP contribution >= 0.6 is 0 Å². The minimum absolute atomic E-state index is 0.451. The zero-order chi connectivity index (χ0) is 7.72. The molecule has 1 heterocycles. The summed E-state index contributed by atoms with van der Waals surface area (Å²) < 4.78 is 11.5. The van der Waals surface area contributed by atoms with Gasteiger partial charge in [0.05, 0.1) is 0 Å². The Balaban J connectivity index is 2.57. The molecular formula is C8H16OS. The zero-order valence-corrected chi connectivity index (χ0v) is 7.78. The van der Waals surface area contributed by atoms with Crippen LogP contribution in [0.5, 0.6) is 0 Å². The Labute approximate surface area is 65.7 Å². The molecule has 10 heavy (non-hydrogen) atoms. The van der Waals surface area contributed by atoms with E-state index in [1.54, 1.807) is 0 Å². The normalized spacial score (nSPS) is 41.0. The third-order valence-corrected chi connectivity index (χ3v) is 4.70. The van der Waals surface area contributed by atoms with E-state index in [4.69, 9.17) is 0 Å². The number of hydrogen-bond acceptors (Lipinski definition) is 1. The van der Waals surface area contributed by atoms with Gasteiger partial charge in [-0.3, -0.25) is 4.21 Å². The molecule has 0 aromatic heterocycles. The van der Waals surface area contributed by atoms with Crippen molar-refractivity contribution in [3.8, 4) is 0 Å². The van der Waals surface area contributed by atoms with E-state index in [0.717, 1.165) is 6.42 Å². The van der Waals surface area contributed by atoms with Gasteiger partial charge >= 0.3 is 0 Å². The van der Waals surface area contributed by atoms with Crippen molar-refractivity contribution >= 4 is 10.8 Å². The molecule has 0 aromatic carbocycles. The molecule has 0 aliphatic carbocycles. The topological polar surface area (TPSA) is 17.1 Å².